The van der Waals surface area contributed by atoms with Gasteiger partial charge < -0.3 is 4.42 Å². The molecule has 0 saturated carbocycles. The van der Waals surface area contributed by atoms with Crippen LogP contribution in [-0.2, 0) is 0 Å². The first kappa shape index (κ1) is 6.42. The Morgan fingerprint density at radius 2 is 2.45 bits per heavy atom. The molecule has 4 nitrogen and oxygen atoms in total. The zero-order valence-corrected chi connectivity index (χ0v) is 6.05. The van der Waals surface area contributed by atoms with Crippen LogP contribution in [0.3, 0.4) is 0 Å². The monoisotopic (exact) mass is 170 g/mol. The Morgan fingerprint density at radius 3 is 3.18 bits per heavy atom. The standard InChI is InChI=1S/C6H3ClN2O2/c7-3-1-2-8-5-4(3)11-6(10)9-5/h1-2H,(H,8,9,10). The Hall–Kier alpha value is -1.29. The molecule has 0 aromatic carbocycles. The average Bonchev–Trinajstić information content (AvgIpc) is 2.31. The summed E-state index contributed by atoms with van der Waals surface area (Å²) in [4.78, 5) is 16.8. The number of nitrogens with one attached hydrogen (secondary N) is 1. The summed E-state index contributed by atoms with van der Waals surface area (Å²) < 4.78 is 4.69. The highest BCUT2D eigenvalue weighted by Crippen LogP contribution is 2.17. The first-order valence-corrected chi connectivity index (χ1v) is 3.28. The van der Waals surface area contributed by atoms with Crippen LogP contribution in [0.5, 0.6) is 0 Å². The van der Waals surface area contributed by atoms with Crippen molar-refractivity contribution in [2.45, 2.75) is 0 Å². The second-order valence-electron chi connectivity index (χ2n) is 1.99. The predicted molar refractivity (Wildman–Crippen MR) is 39.6 cm³/mol. The van der Waals surface area contributed by atoms with E-state index in [0.29, 0.717) is 16.3 Å². The molecule has 0 fully saturated rings. The van der Waals surface area contributed by atoms with Gasteiger partial charge in [0, 0.05) is 6.20 Å². The molecular weight excluding hydrogens is 168 g/mol. The Kier molecular flexibility index (Phi) is 1.22. The Labute approximate surface area is 65.8 Å². The molecule has 2 aromatic rings. The Balaban J connectivity index is 3.01. The van der Waals surface area contributed by atoms with E-state index in [1.54, 1.807) is 6.07 Å². The zero-order valence-electron chi connectivity index (χ0n) is 5.30. The molecule has 2 aromatic heterocycles. The van der Waals surface area contributed by atoms with E-state index in [2.05, 4.69) is 9.97 Å². The van der Waals surface area contributed by atoms with E-state index in [1.807, 2.05) is 0 Å². The van der Waals surface area contributed by atoms with Crippen molar-refractivity contribution >= 4 is 22.8 Å². The minimum atomic E-state index is -0.541. The molecule has 0 atom stereocenters. The molecule has 0 aliphatic rings. The molecule has 2 rings (SSSR count). The SMILES string of the molecule is O=c1[nH]c2nccc(Cl)c2o1. The third-order valence-electron chi connectivity index (χ3n) is 1.27. The van der Waals surface area contributed by atoms with Crippen LogP contribution in [0.25, 0.3) is 11.2 Å². The molecule has 0 unspecified atom stereocenters. The average molecular weight is 171 g/mol. The van der Waals surface area contributed by atoms with Gasteiger partial charge in [0.15, 0.2) is 11.2 Å². The van der Waals surface area contributed by atoms with Crippen molar-refractivity contribution in [3.8, 4) is 0 Å². The summed E-state index contributed by atoms with van der Waals surface area (Å²) in [5.74, 6) is -0.541. The molecule has 1 N–H and O–H groups in total. The highest BCUT2D eigenvalue weighted by molar-refractivity contribution is 6.34. The molecule has 0 radical (unpaired) electrons. The van der Waals surface area contributed by atoms with E-state index in [-0.39, 0.29) is 0 Å². The molecule has 5 heteroatoms. The molecule has 11 heavy (non-hydrogen) atoms. The molecule has 0 aliphatic heterocycles. The summed E-state index contributed by atoms with van der Waals surface area (Å²) in [7, 11) is 0. The zero-order chi connectivity index (χ0) is 7.84. The Bertz CT molecular complexity index is 445. The summed E-state index contributed by atoms with van der Waals surface area (Å²) in [6, 6.07) is 1.56. The number of rotatable bonds is 0. The lowest BCUT2D eigenvalue weighted by Crippen LogP contribution is -1.93. The third kappa shape index (κ3) is 0.914. The minimum Gasteiger partial charge on any atom is -0.404 e. The molecule has 0 amide bonds. The van der Waals surface area contributed by atoms with Crippen LogP contribution in [0.2, 0.25) is 5.02 Å². The van der Waals surface area contributed by atoms with Crippen LogP contribution in [0.4, 0.5) is 0 Å². The van der Waals surface area contributed by atoms with Gasteiger partial charge in [-0.25, -0.2) is 9.78 Å². The van der Waals surface area contributed by atoms with Crippen molar-refractivity contribution < 1.29 is 4.42 Å². The van der Waals surface area contributed by atoms with Gasteiger partial charge in [-0.2, -0.15) is 0 Å². The van der Waals surface area contributed by atoms with Gasteiger partial charge in [-0.3, -0.25) is 4.98 Å². The van der Waals surface area contributed by atoms with E-state index in [0.717, 1.165) is 0 Å². The highest BCUT2D eigenvalue weighted by Gasteiger charge is 2.04. The number of nitrogens with zero attached hydrogens (tertiary/aromatic N) is 1. The summed E-state index contributed by atoms with van der Waals surface area (Å²) >= 11 is 5.68. The van der Waals surface area contributed by atoms with Crippen LogP contribution in [0.15, 0.2) is 21.5 Å². The summed E-state index contributed by atoms with van der Waals surface area (Å²) in [5.41, 5.74) is 0.682. The number of aromatic nitrogens is 2. The first-order valence-electron chi connectivity index (χ1n) is 2.91. The van der Waals surface area contributed by atoms with Gasteiger partial charge in [0.25, 0.3) is 0 Å². The number of H-pyrrole nitrogens is 1. The summed E-state index contributed by atoms with van der Waals surface area (Å²) in [6.45, 7) is 0. The first-order chi connectivity index (χ1) is 5.27. The highest BCUT2D eigenvalue weighted by atomic mass is 35.5. The van der Waals surface area contributed by atoms with E-state index in [1.165, 1.54) is 6.20 Å². The predicted octanol–water partition coefficient (Wildman–Crippen LogP) is 1.17. The van der Waals surface area contributed by atoms with Crippen LogP contribution in [-0.4, -0.2) is 9.97 Å². The molecule has 0 aliphatic carbocycles. The quantitative estimate of drug-likeness (QED) is 0.646. The van der Waals surface area contributed by atoms with Crippen LogP contribution in [0, 0.1) is 0 Å². The largest absolute Gasteiger partial charge is 0.418 e. The molecule has 0 saturated heterocycles. The minimum absolute atomic E-state index is 0.305. The fourth-order valence-electron chi connectivity index (χ4n) is 0.826. The van der Waals surface area contributed by atoms with Gasteiger partial charge in [0.2, 0.25) is 0 Å². The number of halogens is 1. The fraction of sp³-hybridized carbons (Fsp3) is 0. The van der Waals surface area contributed by atoms with Gasteiger partial charge in [0.05, 0.1) is 5.02 Å². The normalized spacial score (nSPS) is 10.6. The van der Waals surface area contributed by atoms with Crippen molar-refractivity contribution in [3.05, 3.63) is 27.8 Å². The van der Waals surface area contributed by atoms with Crippen LogP contribution in [0.1, 0.15) is 0 Å². The van der Waals surface area contributed by atoms with Gasteiger partial charge in [-0.15, -0.1) is 0 Å². The topological polar surface area (TPSA) is 58.9 Å². The second-order valence-corrected chi connectivity index (χ2v) is 2.39. The lowest BCUT2D eigenvalue weighted by Gasteiger charge is -1.86. The van der Waals surface area contributed by atoms with Crippen molar-refractivity contribution in [2.75, 3.05) is 0 Å². The smallest absolute Gasteiger partial charge is 0.404 e. The molecule has 56 valence electrons. The molecule has 2 heterocycles. The number of aromatic amines is 1. The van der Waals surface area contributed by atoms with Crippen LogP contribution < -0.4 is 5.76 Å². The Morgan fingerprint density at radius 1 is 1.64 bits per heavy atom. The fourth-order valence-corrected chi connectivity index (χ4v) is 1.01. The summed E-state index contributed by atoms with van der Waals surface area (Å²) in [6.07, 6.45) is 1.50. The molecule has 0 spiro atoms. The van der Waals surface area contributed by atoms with E-state index < -0.39 is 5.76 Å². The van der Waals surface area contributed by atoms with E-state index in [4.69, 9.17) is 16.0 Å². The van der Waals surface area contributed by atoms with Crippen molar-refractivity contribution in [1.82, 2.24) is 9.97 Å². The van der Waals surface area contributed by atoms with E-state index in [9.17, 15) is 4.79 Å². The van der Waals surface area contributed by atoms with Crippen molar-refractivity contribution in [2.24, 2.45) is 0 Å². The number of oxazole rings is 1. The number of hydrogen-bond acceptors (Lipinski definition) is 3. The maximum absolute atomic E-state index is 10.6. The third-order valence-corrected chi connectivity index (χ3v) is 1.57. The summed E-state index contributed by atoms with van der Waals surface area (Å²) in [5, 5.41) is 0.383. The van der Waals surface area contributed by atoms with Gasteiger partial charge in [-0.1, -0.05) is 11.6 Å². The van der Waals surface area contributed by atoms with E-state index >= 15 is 0 Å². The van der Waals surface area contributed by atoms with Gasteiger partial charge in [0.1, 0.15) is 0 Å². The van der Waals surface area contributed by atoms with Crippen molar-refractivity contribution in [3.63, 3.8) is 0 Å². The lowest BCUT2D eigenvalue weighted by atomic mass is 10.5. The van der Waals surface area contributed by atoms with Crippen molar-refractivity contribution in [1.29, 1.82) is 0 Å². The number of fused-ring (bicyclic) bond motifs is 1. The van der Waals surface area contributed by atoms with Gasteiger partial charge >= 0.3 is 5.76 Å². The maximum atomic E-state index is 10.6. The number of pyridine rings is 1. The van der Waals surface area contributed by atoms with Gasteiger partial charge in [-0.05, 0) is 6.07 Å². The van der Waals surface area contributed by atoms with Crippen LogP contribution >= 0.6 is 11.6 Å². The molecular formula is C6H3ClN2O2. The number of hydrogen-bond donors (Lipinski definition) is 1. The molecule has 0 bridgehead atoms. The lowest BCUT2D eigenvalue weighted by molar-refractivity contribution is 0.555. The second kappa shape index (κ2) is 2.10. The maximum Gasteiger partial charge on any atom is 0.418 e.